The Bertz CT molecular complexity index is 561. The van der Waals surface area contributed by atoms with Crippen LogP contribution in [0.1, 0.15) is 15.9 Å². The van der Waals surface area contributed by atoms with Gasteiger partial charge in [-0.3, -0.25) is 0 Å². The molecule has 0 aliphatic carbocycles. The van der Waals surface area contributed by atoms with E-state index in [1.54, 1.807) is 18.2 Å². The molecule has 2 rings (SSSR count). The fourth-order valence-electron chi connectivity index (χ4n) is 1.27. The van der Waals surface area contributed by atoms with Gasteiger partial charge in [-0.2, -0.15) is 0 Å². The average Bonchev–Trinajstić information content (AvgIpc) is 2.41. The van der Waals surface area contributed by atoms with Gasteiger partial charge in [0.1, 0.15) is 12.9 Å². The van der Waals surface area contributed by atoms with Crippen molar-refractivity contribution in [1.82, 2.24) is 9.97 Å². The monoisotopic (exact) mass is 282 g/mol. The van der Waals surface area contributed by atoms with E-state index in [1.807, 2.05) is 0 Å². The standard InChI is InChI=1S/C12H8Cl2N2O2/c13-10-2-1-8(3-11(10)14)6-18-12(17)9-4-15-7-16-5-9/h1-5,7H,6H2. The Kier molecular flexibility index (Phi) is 4.12. The van der Waals surface area contributed by atoms with Crippen molar-refractivity contribution in [3.8, 4) is 0 Å². The minimum Gasteiger partial charge on any atom is -0.457 e. The highest BCUT2D eigenvalue weighted by Gasteiger charge is 2.08. The van der Waals surface area contributed by atoms with Crippen molar-refractivity contribution < 1.29 is 9.53 Å². The quantitative estimate of drug-likeness (QED) is 0.812. The molecule has 0 aliphatic rings. The van der Waals surface area contributed by atoms with Crippen LogP contribution >= 0.6 is 23.2 Å². The van der Waals surface area contributed by atoms with E-state index >= 15 is 0 Å². The van der Waals surface area contributed by atoms with Gasteiger partial charge in [-0.25, -0.2) is 14.8 Å². The highest BCUT2D eigenvalue weighted by Crippen LogP contribution is 2.22. The van der Waals surface area contributed by atoms with E-state index in [0.717, 1.165) is 5.56 Å². The second kappa shape index (κ2) is 5.80. The number of rotatable bonds is 3. The molecule has 0 fully saturated rings. The number of ether oxygens (including phenoxy) is 1. The number of benzene rings is 1. The lowest BCUT2D eigenvalue weighted by Gasteiger charge is -2.05. The third kappa shape index (κ3) is 3.18. The van der Waals surface area contributed by atoms with Crippen molar-refractivity contribution in [2.24, 2.45) is 0 Å². The van der Waals surface area contributed by atoms with Crippen molar-refractivity contribution in [3.05, 3.63) is 58.1 Å². The average molecular weight is 283 g/mol. The first-order valence-electron chi connectivity index (χ1n) is 5.03. The van der Waals surface area contributed by atoms with Gasteiger partial charge in [0.2, 0.25) is 0 Å². The molecule has 0 bridgehead atoms. The van der Waals surface area contributed by atoms with Gasteiger partial charge in [0, 0.05) is 12.4 Å². The largest absolute Gasteiger partial charge is 0.457 e. The van der Waals surface area contributed by atoms with Crippen LogP contribution in [0.25, 0.3) is 0 Å². The van der Waals surface area contributed by atoms with Gasteiger partial charge in [0.25, 0.3) is 0 Å². The van der Waals surface area contributed by atoms with E-state index in [1.165, 1.54) is 18.7 Å². The summed E-state index contributed by atoms with van der Waals surface area (Å²) in [5, 5.41) is 0.886. The van der Waals surface area contributed by atoms with Gasteiger partial charge in [-0.1, -0.05) is 29.3 Å². The summed E-state index contributed by atoms with van der Waals surface area (Å²) in [6, 6.07) is 5.04. The molecule has 0 amide bonds. The molecular weight excluding hydrogens is 275 g/mol. The summed E-state index contributed by atoms with van der Waals surface area (Å²) in [6.45, 7) is 0.116. The lowest BCUT2D eigenvalue weighted by molar-refractivity contribution is 0.0471. The van der Waals surface area contributed by atoms with Crippen LogP contribution in [0, 0.1) is 0 Å². The Labute approximate surface area is 114 Å². The predicted octanol–water partition coefficient (Wildman–Crippen LogP) is 3.14. The summed E-state index contributed by atoms with van der Waals surface area (Å²) in [4.78, 5) is 19.1. The topological polar surface area (TPSA) is 52.1 Å². The molecule has 0 saturated heterocycles. The zero-order chi connectivity index (χ0) is 13.0. The first kappa shape index (κ1) is 12.8. The zero-order valence-corrected chi connectivity index (χ0v) is 10.6. The second-order valence-corrected chi connectivity index (χ2v) is 4.27. The highest BCUT2D eigenvalue weighted by molar-refractivity contribution is 6.42. The van der Waals surface area contributed by atoms with Gasteiger partial charge in [0.05, 0.1) is 15.6 Å². The Hall–Kier alpha value is -1.65. The first-order chi connectivity index (χ1) is 8.66. The molecule has 0 unspecified atom stereocenters. The number of esters is 1. The molecule has 2 aromatic rings. The summed E-state index contributed by atoms with van der Waals surface area (Å²) >= 11 is 11.6. The third-order valence-electron chi connectivity index (χ3n) is 2.15. The molecule has 0 saturated carbocycles. The maximum atomic E-state index is 11.6. The van der Waals surface area contributed by atoms with E-state index in [2.05, 4.69) is 9.97 Å². The molecule has 0 aliphatic heterocycles. The molecule has 4 nitrogen and oxygen atoms in total. The Morgan fingerprint density at radius 1 is 1.17 bits per heavy atom. The molecule has 0 radical (unpaired) electrons. The van der Waals surface area contributed by atoms with Crippen molar-refractivity contribution in [1.29, 1.82) is 0 Å². The number of aromatic nitrogens is 2. The van der Waals surface area contributed by atoms with Crippen LogP contribution in [0.5, 0.6) is 0 Å². The summed E-state index contributed by atoms with van der Waals surface area (Å²) in [6.07, 6.45) is 4.13. The van der Waals surface area contributed by atoms with Crippen LogP contribution in [0.4, 0.5) is 0 Å². The lowest BCUT2D eigenvalue weighted by Crippen LogP contribution is -2.06. The fourth-order valence-corrected chi connectivity index (χ4v) is 1.59. The second-order valence-electron chi connectivity index (χ2n) is 3.45. The normalized spacial score (nSPS) is 10.1. The van der Waals surface area contributed by atoms with Crippen LogP contribution < -0.4 is 0 Å². The molecule has 0 spiro atoms. The zero-order valence-electron chi connectivity index (χ0n) is 9.14. The Balaban J connectivity index is 1.99. The minimum atomic E-state index is -0.485. The molecule has 0 N–H and O–H groups in total. The number of carbonyl (C=O) groups excluding carboxylic acids is 1. The molecule has 0 atom stereocenters. The Morgan fingerprint density at radius 2 is 1.89 bits per heavy atom. The number of carbonyl (C=O) groups is 1. The van der Waals surface area contributed by atoms with Crippen molar-refractivity contribution in [2.45, 2.75) is 6.61 Å². The van der Waals surface area contributed by atoms with Crippen molar-refractivity contribution in [2.75, 3.05) is 0 Å². The highest BCUT2D eigenvalue weighted by atomic mass is 35.5. The maximum Gasteiger partial charge on any atom is 0.341 e. The number of nitrogens with zero attached hydrogens (tertiary/aromatic N) is 2. The predicted molar refractivity (Wildman–Crippen MR) is 67.6 cm³/mol. The maximum absolute atomic E-state index is 11.6. The summed E-state index contributed by atoms with van der Waals surface area (Å²) in [5.74, 6) is -0.485. The first-order valence-corrected chi connectivity index (χ1v) is 5.78. The fraction of sp³-hybridized carbons (Fsp3) is 0.0833. The Morgan fingerprint density at radius 3 is 2.56 bits per heavy atom. The smallest absolute Gasteiger partial charge is 0.341 e. The molecule has 92 valence electrons. The van der Waals surface area contributed by atoms with Crippen LogP contribution in [-0.2, 0) is 11.3 Å². The van der Waals surface area contributed by atoms with E-state index in [0.29, 0.717) is 15.6 Å². The lowest BCUT2D eigenvalue weighted by atomic mass is 10.2. The van der Waals surface area contributed by atoms with Crippen molar-refractivity contribution in [3.63, 3.8) is 0 Å². The van der Waals surface area contributed by atoms with Crippen LogP contribution in [0.2, 0.25) is 10.0 Å². The van der Waals surface area contributed by atoms with Gasteiger partial charge in [-0.15, -0.1) is 0 Å². The summed E-state index contributed by atoms with van der Waals surface area (Å²) < 4.78 is 5.09. The SMILES string of the molecule is O=C(OCc1ccc(Cl)c(Cl)c1)c1cncnc1. The molecule has 6 heteroatoms. The van der Waals surface area contributed by atoms with Crippen LogP contribution in [0.15, 0.2) is 36.9 Å². The van der Waals surface area contributed by atoms with Gasteiger partial charge in [0.15, 0.2) is 0 Å². The van der Waals surface area contributed by atoms with E-state index < -0.39 is 5.97 Å². The molecule has 1 aromatic carbocycles. The third-order valence-corrected chi connectivity index (χ3v) is 2.89. The van der Waals surface area contributed by atoms with E-state index in [4.69, 9.17) is 27.9 Å². The molecule has 18 heavy (non-hydrogen) atoms. The van der Waals surface area contributed by atoms with Crippen LogP contribution in [0.3, 0.4) is 0 Å². The van der Waals surface area contributed by atoms with E-state index in [9.17, 15) is 4.79 Å². The molecule has 1 aromatic heterocycles. The minimum absolute atomic E-state index is 0.116. The van der Waals surface area contributed by atoms with Gasteiger partial charge >= 0.3 is 5.97 Å². The van der Waals surface area contributed by atoms with Gasteiger partial charge < -0.3 is 4.74 Å². The van der Waals surface area contributed by atoms with Gasteiger partial charge in [-0.05, 0) is 17.7 Å². The van der Waals surface area contributed by atoms with E-state index in [-0.39, 0.29) is 6.61 Å². The summed E-state index contributed by atoms with van der Waals surface area (Å²) in [7, 11) is 0. The molecule has 1 heterocycles. The van der Waals surface area contributed by atoms with Crippen LogP contribution in [-0.4, -0.2) is 15.9 Å². The number of hydrogen-bond donors (Lipinski definition) is 0. The number of hydrogen-bond acceptors (Lipinski definition) is 4. The van der Waals surface area contributed by atoms with Crippen molar-refractivity contribution >= 4 is 29.2 Å². The number of halogens is 2. The summed E-state index contributed by atoms with van der Waals surface area (Å²) in [5.41, 5.74) is 1.06. The molecular formula is C12H8Cl2N2O2.